The molecule has 0 bridgehead atoms. The minimum absolute atomic E-state index is 0.186. The number of aromatic nitrogens is 2. The Balaban J connectivity index is 1.68. The monoisotopic (exact) mass is 285 g/mol. The third-order valence-electron chi connectivity index (χ3n) is 5.63. The highest BCUT2D eigenvalue weighted by atomic mass is 19.1. The maximum absolute atomic E-state index is 14.1. The van der Waals surface area contributed by atoms with Gasteiger partial charge in [-0.25, -0.2) is 9.37 Å². The summed E-state index contributed by atoms with van der Waals surface area (Å²) in [6, 6.07) is 6.21. The van der Waals surface area contributed by atoms with Gasteiger partial charge >= 0.3 is 0 Å². The average Bonchev–Trinajstić information content (AvgIpc) is 2.93. The van der Waals surface area contributed by atoms with E-state index in [1.165, 1.54) is 38.2 Å². The summed E-state index contributed by atoms with van der Waals surface area (Å²) in [5.41, 5.74) is 1.54. The van der Waals surface area contributed by atoms with Crippen molar-refractivity contribution in [3.63, 3.8) is 0 Å². The molecular weight excluding hydrogens is 265 g/mol. The molecule has 3 aliphatic rings. The normalized spacial score (nSPS) is 32.0. The summed E-state index contributed by atoms with van der Waals surface area (Å²) in [5.74, 6) is 2.40. The number of fused-ring (bicyclic) bond motifs is 2. The van der Waals surface area contributed by atoms with Crippen LogP contribution in [0.25, 0.3) is 11.0 Å². The van der Waals surface area contributed by atoms with Crippen LogP contribution >= 0.6 is 0 Å². The molecule has 0 radical (unpaired) electrons. The summed E-state index contributed by atoms with van der Waals surface area (Å²) in [4.78, 5) is 4.74. The first-order valence-corrected chi connectivity index (χ1v) is 8.22. The Morgan fingerprint density at radius 1 is 1.19 bits per heavy atom. The second-order valence-electron chi connectivity index (χ2n) is 6.92. The van der Waals surface area contributed by atoms with E-state index in [4.69, 9.17) is 4.98 Å². The molecule has 3 atom stereocenters. The lowest BCUT2D eigenvalue weighted by Crippen LogP contribution is -2.22. The van der Waals surface area contributed by atoms with Crippen LogP contribution in [0.2, 0.25) is 0 Å². The van der Waals surface area contributed by atoms with Gasteiger partial charge in [0.25, 0.3) is 0 Å². The van der Waals surface area contributed by atoms with Crippen LogP contribution in [0.15, 0.2) is 18.2 Å². The summed E-state index contributed by atoms with van der Waals surface area (Å²) < 4.78 is 16.5. The molecule has 3 nitrogen and oxygen atoms in total. The Bertz CT molecular complexity index is 703. The van der Waals surface area contributed by atoms with E-state index in [-0.39, 0.29) is 5.82 Å². The molecule has 1 aromatic carbocycles. The van der Waals surface area contributed by atoms with Crippen molar-refractivity contribution in [2.24, 2.45) is 11.8 Å². The highest BCUT2D eigenvalue weighted by Gasteiger charge is 2.43. The molecule has 5 rings (SSSR count). The van der Waals surface area contributed by atoms with Crippen molar-refractivity contribution in [3.05, 3.63) is 29.8 Å². The van der Waals surface area contributed by atoms with Crippen LogP contribution in [-0.2, 0) is 0 Å². The SMILES string of the molecule is Fc1cccc2c1nc(C1NCC3CCCC31)n2C1CC1. The van der Waals surface area contributed by atoms with Crippen molar-refractivity contribution in [2.45, 2.75) is 44.2 Å². The van der Waals surface area contributed by atoms with Crippen molar-refractivity contribution in [1.82, 2.24) is 14.9 Å². The quantitative estimate of drug-likeness (QED) is 0.914. The van der Waals surface area contributed by atoms with E-state index in [2.05, 4.69) is 9.88 Å². The summed E-state index contributed by atoms with van der Waals surface area (Å²) in [6.07, 6.45) is 6.38. The van der Waals surface area contributed by atoms with Gasteiger partial charge in [0.05, 0.1) is 11.6 Å². The second-order valence-corrected chi connectivity index (χ2v) is 6.92. The average molecular weight is 285 g/mol. The van der Waals surface area contributed by atoms with Gasteiger partial charge < -0.3 is 9.88 Å². The van der Waals surface area contributed by atoms with Gasteiger partial charge in [0, 0.05) is 6.04 Å². The van der Waals surface area contributed by atoms with Crippen LogP contribution in [0.1, 0.15) is 50.0 Å². The molecular formula is C17H20FN3. The Kier molecular flexibility index (Phi) is 2.48. The van der Waals surface area contributed by atoms with Crippen molar-refractivity contribution in [1.29, 1.82) is 0 Å². The zero-order chi connectivity index (χ0) is 14.0. The van der Waals surface area contributed by atoms with E-state index in [0.717, 1.165) is 23.8 Å². The highest BCUT2D eigenvalue weighted by molar-refractivity contribution is 5.77. The van der Waals surface area contributed by atoms with E-state index in [1.54, 1.807) is 0 Å². The second kappa shape index (κ2) is 4.29. The Morgan fingerprint density at radius 2 is 2.10 bits per heavy atom. The van der Waals surface area contributed by atoms with Crippen molar-refractivity contribution >= 4 is 11.0 Å². The van der Waals surface area contributed by atoms with Crippen LogP contribution in [0.3, 0.4) is 0 Å². The topological polar surface area (TPSA) is 29.9 Å². The fraction of sp³-hybridized carbons (Fsp3) is 0.588. The number of rotatable bonds is 2. The van der Waals surface area contributed by atoms with E-state index in [0.29, 0.717) is 23.5 Å². The number of hydrogen-bond acceptors (Lipinski definition) is 2. The van der Waals surface area contributed by atoms with E-state index in [9.17, 15) is 4.39 Å². The van der Waals surface area contributed by atoms with Gasteiger partial charge in [-0.2, -0.15) is 0 Å². The number of nitrogens with one attached hydrogen (secondary N) is 1. The van der Waals surface area contributed by atoms with Crippen molar-refractivity contribution in [2.75, 3.05) is 6.54 Å². The lowest BCUT2D eigenvalue weighted by molar-refractivity contribution is 0.397. The number of para-hydroxylation sites is 1. The third kappa shape index (κ3) is 1.71. The lowest BCUT2D eigenvalue weighted by Gasteiger charge is -2.19. The van der Waals surface area contributed by atoms with E-state index >= 15 is 0 Å². The van der Waals surface area contributed by atoms with E-state index < -0.39 is 0 Å². The molecule has 2 saturated carbocycles. The zero-order valence-electron chi connectivity index (χ0n) is 12.1. The smallest absolute Gasteiger partial charge is 0.151 e. The molecule has 3 fully saturated rings. The minimum Gasteiger partial charge on any atom is -0.323 e. The van der Waals surface area contributed by atoms with Gasteiger partial charge in [0.2, 0.25) is 0 Å². The molecule has 2 aromatic rings. The van der Waals surface area contributed by atoms with Gasteiger partial charge in [0.1, 0.15) is 11.3 Å². The van der Waals surface area contributed by atoms with Gasteiger partial charge in [-0.05, 0) is 56.2 Å². The van der Waals surface area contributed by atoms with Crippen LogP contribution in [-0.4, -0.2) is 16.1 Å². The summed E-state index contributed by atoms with van der Waals surface area (Å²) in [5, 5.41) is 3.67. The fourth-order valence-corrected chi connectivity index (χ4v) is 4.51. The van der Waals surface area contributed by atoms with E-state index in [1.807, 2.05) is 12.1 Å². The van der Waals surface area contributed by atoms with Gasteiger partial charge in [-0.15, -0.1) is 0 Å². The summed E-state index contributed by atoms with van der Waals surface area (Å²) in [6.45, 7) is 1.10. The fourth-order valence-electron chi connectivity index (χ4n) is 4.51. The number of hydrogen-bond donors (Lipinski definition) is 1. The standard InChI is InChI=1S/C17H20FN3/c18-13-5-2-6-14-16(13)20-17(21(14)11-7-8-11)15-12-4-1-3-10(12)9-19-15/h2,5-6,10-12,15,19H,1,3-4,7-9H2. The molecule has 3 unspecified atom stereocenters. The van der Waals surface area contributed by atoms with Crippen molar-refractivity contribution in [3.8, 4) is 0 Å². The Hall–Kier alpha value is -1.42. The summed E-state index contributed by atoms with van der Waals surface area (Å²) >= 11 is 0. The van der Waals surface area contributed by atoms with Crippen LogP contribution in [0.4, 0.5) is 4.39 Å². The largest absolute Gasteiger partial charge is 0.323 e. The molecule has 1 N–H and O–H groups in total. The first kappa shape index (κ1) is 12.2. The molecule has 2 heterocycles. The number of benzene rings is 1. The molecule has 0 amide bonds. The Labute approximate surface area is 123 Å². The third-order valence-corrected chi connectivity index (χ3v) is 5.63. The maximum atomic E-state index is 14.1. The number of halogens is 1. The molecule has 110 valence electrons. The first-order chi connectivity index (χ1) is 10.3. The van der Waals surface area contributed by atoms with Gasteiger partial charge in [0.15, 0.2) is 5.82 Å². The number of imidazole rings is 1. The molecule has 0 spiro atoms. The van der Waals surface area contributed by atoms with Crippen LogP contribution in [0, 0.1) is 17.7 Å². The van der Waals surface area contributed by atoms with Crippen LogP contribution in [0.5, 0.6) is 0 Å². The molecule has 1 saturated heterocycles. The predicted octanol–water partition coefficient (Wildman–Crippen LogP) is 3.57. The Morgan fingerprint density at radius 3 is 2.95 bits per heavy atom. The zero-order valence-corrected chi connectivity index (χ0v) is 12.1. The predicted molar refractivity (Wildman–Crippen MR) is 79.5 cm³/mol. The van der Waals surface area contributed by atoms with Crippen LogP contribution < -0.4 is 5.32 Å². The first-order valence-electron chi connectivity index (χ1n) is 8.22. The van der Waals surface area contributed by atoms with Gasteiger partial charge in [-0.1, -0.05) is 12.5 Å². The maximum Gasteiger partial charge on any atom is 0.151 e. The molecule has 1 aromatic heterocycles. The molecule has 4 heteroatoms. The minimum atomic E-state index is -0.186. The number of nitrogens with zero attached hydrogens (tertiary/aromatic N) is 2. The summed E-state index contributed by atoms with van der Waals surface area (Å²) in [7, 11) is 0. The van der Waals surface area contributed by atoms with Gasteiger partial charge in [-0.3, -0.25) is 0 Å². The molecule has 1 aliphatic heterocycles. The molecule has 2 aliphatic carbocycles. The van der Waals surface area contributed by atoms with Crippen molar-refractivity contribution < 1.29 is 4.39 Å². The highest BCUT2D eigenvalue weighted by Crippen LogP contribution is 2.47. The lowest BCUT2D eigenvalue weighted by atomic mass is 9.93. The molecule has 21 heavy (non-hydrogen) atoms.